The molecule has 0 saturated carbocycles. The van der Waals surface area contributed by atoms with Crippen LogP contribution >= 0.6 is 0 Å². The fourth-order valence-electron chi connectivity index (χ4n) is 2.37. The van der Waals surface area contributed by atoms with Crippen LogP contribution in [0, 0.1) is 0 Å². The summed E-state index contributed by atoms with van der Waals surface area (Å²) in [7, 11) is 0. The second-order valence-corrected chi connectivity index (χ2v) is 4.75. The summed E-state index contributed by atoms with van der Waals surface area (Å²) in [4.78, 5) is 21.4. The number of amides is 1. The van der Waals surface area contributed by atoms with E-state index in [9.17, 15) is 4.79 Å². The molecule has 1 saturated heterocycles. The number of rotatable bonds is 3. The highest BCUT2D eigenvalue weighted by atomic mass is 16.2. The molecule has 5 nitrogen and oxygen atoms in total. The highest BCUT2D eigenvalue weighted by Gasteiger charge is 2.29. The van der Waals surface area contributed by atoms with Crippen LogP contribution in [0.5, 0.6) is 0 Å². The number of aromatic amines is 1. The largest absolute Gasteiger partial charge is 0.347 e. The first-order chi connectivity index (χ1) is 8.18. The Hall–Kier alpha value is -1.36. The Balaban J connectivity index is 2.09. The van der Waals surface area contributed by atoms with Crippen molar-refractivity contribution in [2.45, 2.75) is 44.7 Å². The summed E-state index contributed by atoms with van der Waals surface area (Å²) < 4.78 is 0. The molecule has 0 aromatic carbocycles. The smallest absolute Gasteiger partial charge is 0.224 e. The topological polar surface area (TPSA) is 75.0 Å². The lowest BCUT2D eigenvalue weighted by molar-refractivity contribution is -0.135. The van der Waals surface area contributed by atoms with Gasteiger partial charge in [0.05, 0.1) is 6.04 Å². The molecule has 3 N–H and O–H groups in total. The number of nitrogens with one attached hydrogen (secondary N) is 1. The summed E-state index contributed by atoms with van der Waals surface area (Å²) in [5.74, 6) is 1.03. The van der Waals surface area contributed by atoms with Crippen LogP contribution in [-0.2, 0) is 4.79 Å². The standard InChI is InChI=1S/C12H20N4O/c1-9(13)8-11(17)16-7-3-2-4-10(16)12-14-5-6-15-12/h5-6,9-10H,2-4,7-8,13H2,1H3,(H,14,15). The van der Waals surface area contributed by atoms with Crippen molar-refractivity contribution in [2.24, 2.45) is 5.73 Å². The van der Waals surface area contributed by atoms with E-state index in [1.165, 1.54) is 0 Å². The number of carbonyl (C=O) groups is 1. The second-order valence-electron chi connectivity index (χ2n) is 4.75. The average molecular weight is 236 g/mol. The second kappa shape index (κ2) is 5.31. The van der Waals surface area contributed by atoms with Crippen LogP contribution in [0.1, 0.15) is 44.5 Å². The number of nitrogens with zero attached hydrogens (tertiary/aromatic N) is 2. The fourth-order valence-corrected chi connectivity index (χ4v) is 2.37. The molecule has 17 heavy (non-hydrogen) atoms. The molecule has 2 atom stereocenters. The van der Waals surface area contributed by atoms with E-state index in [2.05, 4.69) is 9.97 Å². The quantitative estimate of drug-likeness (QED) is 0.828. The Morgan fingerprint density at radius 1 is 1.71 bits per heavy atom. The molecule has 2 unspecified atom stereocenters. The number of piperidine rings is 1. The Bertz CT molecular complexity index is 361. The van der Waals surface area contributed by atoms with Gasteiger partial charge in [-0.1, -0.05) is 0 Å². The summed E-state index contributed by atoms with van der Waals surface area (Å²) in [6.07, 6.45) is 7.15. The molecule has 1 aromatic heterocycles. The first kappa shape index (κ1) is 12.1. The highest BCUT2D eigenvalue weighted by molar-refractivity contribution is 5.77. The van der Waals surface area contributed by atoms with E-state index in [-0.39, 0.29) is 18.0 Å². The molecule has 0 bridgehead atoms. The lowest BCUT2D eigenvalue weighted by atomic mass is 10.0. The van der Waals surface area contributed by atoms with Crippen molar-refractivity contribution in [3.8, 4) is 0 Å². The van der Waals surface area contributed by atoms with E-state index in [0.29, 0.717) is 6.42 Å². The molecule has 2 heterocycles. The molecular formula is C12H20N4O. The Morgan fingerprint density at radius 3 is 3.18 bits per heavy atom. The number of H-pyrrole nitrogens is 1. The maximum Gasteiger partial charge on any atom is 0.224 e. The predicted molar refractivity (Wildman–Crippen MR) is 65.2 cm³/mol. The van der Waals surface area contributed by atoms with Crippen molar-refractivity contribution in [3.63, 3.8) is 0 Å². The third-order valence-corrected chi connectivity index (χ3v) is 3.15. The molecule has 94 valence electrons. The first-order valence-electron chi connectivity index (χ1n) is 6.23. The van der Waals surface area contributed by atoms with Gasteiger partial charge in [-0.25, -0.2) is 4.98 Å². The number of hydrogen-bond acceptors (Lipinski definition) is 3. The van der Waals surface area contributed by atoms with E-state index in [1.807, 2.05) is 11.8 Å². The molecule has 0 spiro atoms. The number of carbonyl (C=O) groups excluding carboxylic acids is 1. The van der Waals surface area contributed by atoms with Gasteiger partial charge in [-0.05, 0) is 26.2 Å². The van der Waals surface area contributed by atoms with Crippen molar-refractivity contribution in [1.29, 1.82) is 0 Å². The highest BCUT2D eigenvalue weighted by Crippen LogP contribution is 2.29. The summed E-state index contributed by atoms with van der Waals surface area (Å²) in [6.45, 7) is 2.68. The number of hydrogen-bond donors (Lipinski definition) is 2. The van der Waals surface area contributed by atoms with Crippen molar-refractivity contribution in [3.05, 3.63) is 18.2 Å². The summed E-state index contributed by atoms with van der Waals surface area (Å²) >= 11 is 0. The lowest BCUT2D eigenvalue weighted by Crippen LogP contribution is -2.41. The van der Waals surface area contributed by atoms with Crippen molar-refractivity contribution in [1.82, 2.24) is 14.9 Å². The molecule has 1 amide bonds. The van der Waals surface area contributed by atoms with Crippen molar-refractivity contribution < 1.29 is 4.79 Å². The molecule has 5 heteroatoms. The Labute approximate surface area is 101 Å². The Morgan fingerprint density at radius 2 is 2.53 bits per heavy atom. The number of likely N-dealkylation sites (tertiary alicyclic amines) is 1. The lowest BCUT2D eigenvalue weighted by Gasteiger charge is -2.35. The van der Waals surface area contributed by atoms with E-state index >= 15 is 0 Å². The van der Waals surface area contributed by atoms with Crippen LogP contribution in [-0.4, -0.2) is 33.4 Å². The summed E-state index contributed by atoms with van der Waals surface area (Å²) in [5, 5.41) is 0. The van der Waals surface area contributed by atoms with Gasteiger partial charge in [0.25, 0.3) is 0 Å². The SMILES string of the molecule is CC(N)CC(=O)N1CCCCC1c1ncc[nH]1. The van der Waals surface area contributed by atoms with Crippen LogP contribution < -0.4 is 5.73 Å². The van der Waals surface area contributed by atoms with E-state index in [4.69, 9.17) is 5.73 Å². The van der Waals surface area contributed by atoms with E-state index < -0.39 is 0 Å². The zero-order valence-electron chi connectivity index (χ0n) is 10.2. The van der Waals surface area contributed by atoms with E-state index in [0.717, 1.165) is 31.6 Å². The molecule has 1 aliphatic rings. The Kier molecular flexibility index (Phi) is 3.78. The zero-order chi connectivity index (χ0) is 12.3. The minimum Gasteiger partial charge on any atom is -0.347 e. The predicted octanol–water partition coefficient (Wildman–Crippen LogP) is 1.20. The van der Waals surface area contributed by atoms with Gasteiger partial charge in [-0.15, -0.1) is 0 Å². The van der Waals surface area contributed by atoms with Gasteiger partial charge in [0, 0.05) is 31.4 Å². The maximum absolute atomic E-state index is 12.1. The molecule has 0 radical (unpaired) electrons. The minimum atomic E-state index is -0.0818. The third-order valence-electron chi connectivity index (χ3n) is 3.15. The van der Waals surface area contributed by atoms with Gasteiger partial charge < -0.3 is 15.6 Å². The molecule has 1 aliphatic heterocycles. The van der Waals surface area contributed by atoms with Crippen LogP contribution in [0.2, 0.25) is 0 Å². The van der Waals surface area contributed by atoms with Gasteiger partial charge in [0.2, 0.25) is 5.91 Å². The van der Waals surface area contributed by atoms with Crippen LogP contribution in [0.3, 0.4) is 0 Å². The summed E-state index contributed by atoms with van der Waals surface area (Å²) in [5.41, 5.74) is 5.69. The fraction of sp³-hybridized carbons (Fsp3) is 0.667. The number of aromatic nitrogens is 2. The van der Waals surface area contributed by atoms with Gasteiger partial charge in [-0.3, -0.25) is 4.79 Å². The summed E-state index contributed by atoms with van der Waals surface area (Å²) in [6, 6.07) is 0.0201. The average Bonchev–Trinajstić information content (AvgIpc) is 2.81. The van der Waals surface area contributed by atoms with Crippen LogP contribution in [0.15, 0.2) is 12.4 Å². The molecule has 0 aliphatic carbocycles. The number of imidazole rings is 1. The number of nitrogens with two attached hydrogens (primary N) is 1. The maximum atomic E-state index is 12.1. The van der Waals surface area contributed by atoms with Gasteiger partial charge >= 0.3 is 0 Å². The van der Waals surface area contributed by atoms with Gasteiger partial charge in [0.1, 0.15) is 5.82 Å². The zero-order valence-corrected chi connectivity index (χ0v) is 10.2. The molecule has 1 aromatic rings. The van der Waals surface area contributed by atoms with Gasteiger partial charge in [-0.2, -0.15) is 0 Å². The monoisotopic (exact) mass is 236 g/mol. The van der Waals surface area contributed by atoms with Crippen LogP contribution in [0.25, 0.3) is 0 Å². The first-order valence-corrected chi connectivity index (χ1v) is 6.23. The molecular weight excluding hydrogens is 216 g/mol. The van der Waals surface area contributed by atoms with Crippen molar-refractivity contribution in [2.75, 3.05) is 6.54 Å². The van der Waals surface area contributed by atoms with Gasteiger partial charge in [0.15, 0.2) is 0 Å². The van der Waals surface area contributed by atoms with E-state index in [1.54, 1.807) is 12.4 Å². The third kappa shape index (κ3) is 2.85. The normalized spacial score (nSPS) is 22.5. The van der Waals surface area contributed by atoms with Crippen molar-refractivity contribution >= 4 is 5.91 Å². The molecule has 1 fully saturated rings. The molecule has 2 rings (SSSR count). The van der Waals surface area contributed by atoms with Crippen LogP contribution in [0.4, 0.5) is 0 Å². The minimum absolute atomic E-state index is 0.0818.